The molecule has 2 atom stereocenters. The van der Waals surface area contributed by atoms with Crippen molar-refractivity contribution in [2.75, 3.05) is 0 Å². The Labute approximate surface area is 136 Å². The van der Waals surface area contributed by atoms with Crippen LogP contribution < -0.4 is 0 Å². The zero-order chi connectivity index (χ0) is 15.7. The number of Topliss-reactive ketones (excluding diaryl/α,β-unsaturated/α-hetero) is 1. The van der Waals surface area contributed by atoms with Gasteiger partial charge in [-0.25, -0.2) is 0 Å². The average Bonchev–Trinajstić information content (AvgIpc) is 3.23. The average molecular weight is 308 g/mol. The van der Waals surface area contributed by atoms with Gasteiger partial charge in [-0.2, -0.15) is 0 Å². The molecular formula is C20H20O3. The molecular weight excluding hydrogens is 288 g/mol. The molecule has 23 heavy (non-hydrogen) atoms. The van der Waals surface area contributed by atoms with Gasteiger partial charge in [0.15, 0.2) is 17.7 Å². The van der Waals surface area contributed by atoms with Crippen molar-refractivity contribution in [1.29, 1.82) is 0 Å². The zero-order valence-electron chi connectivity index (χ0n) is 13.0. The second-order valence-electron chi connectivity index (χ2n) is 6.34. The second-order valence-corrected chi connectivity index (χ2v) is 6.34. The predicted octanol–water partition coefficient (Wildman–Crippen LogP) is 4.30. The molecule has 4 rings (SSSR count). The molecule has 2 aromatic rings. The van der Waals surface area contributed by atoms with Gasteiger partial charge in [-0.15, -0.1) is 0 Å². The maximum absolute atomic E-state index is 13.0. The number of hydrogen-bond donors (Lipinski definition) is 0. The first-order valence-electron chi connectivity index (χ1n) is 8.27. The maximum atomic E-state index is 13.0. The summed E-state index contributed by atoms with van der Waals surface area (Å²) in [6.07, 6.45) is 3.02. The highest BCUT2D eigenvalue weighted by molar-refractivity contribution is 6.00. The fraction of sp³-hybridized carbons (Fsp3) is 0.350. The third-order valence-corrected chi connectivity index (χ3v) is 4.77. The lowest BCUT2D eigenvalue weighted by Gasteiger charge is -2.21. The van der Waals surface area contributed by atoms with E-state index >= 15 is 0 Å². The van der Waals surface area contributed by atoms with Crippen LogP contribution in [0.3, 0.4) is 0 Å². The van der Waals surface area contributed by atoms with Gasteiger partial charge < -0.3 is 9.47 Å². The molecule has 1 saturated carbocycles. The lowest BCUT2D eigenvalue weighted by atomic mass is 9.97. The molecule has 2 aliphatic rings. The van der Waals surface area contributed by atoms with Crippen LogP contribution in [-0.4, -0.2) is 17.7 Å². The van der Waals surface area contributed by atoms with Gasteiger partial charge in [-0.1, -0.05) is 60.7 Å². The molecule has 1 aliphatic carbocycles. The number of rotatable bonds is 3. The van der Waals surface area contributed by atoms with Crippen molar-refractivity contribution in [3.8, 4) is 0 Å². The normalized spacial score (nSPS) is 25.7. The molecule has 0 aromatic heterocycles. The van der Waals surface area contributed by atoms with Crippen LogP contribution in [0, 0.1) is 0 Å². The van der Waals surface area contributed by atoms with Crippen LogP contribution in [0.15, 0.2) is 60.7 Å². The molecule has 0 unspecified atom stereocenters. The second kappa shape index (κ2) is 5.91. The minimum absolute atomic E-state index is 0.00299. The minimum Gasteiger partial charge on any atom is -0.339 e. The van der Waals surface area contributed by atoms with E-state index in [4.69, 9.17) is 9.47 Å². The van der Waals surface area contributed by atoms with E-state index in [0.29, 0.717) is 5.56 Å². The summed E-state index contributed by atoms with van der Waals surface area (Å²) in [5, 5.41) is 0. The van der Waals surface area contributed by atoms with Gasteiger partial charge in [-0.3, -0.25) is 4.79 Å². The molecule has 1 heterocycles. The molecule has 2 fully saturated rings. The van der Waals surface area contributed by atoms with Gasteiger partial charge in [-0.05, 0) is 18.4 Å². The van der Waals surface area contributed by atoms with Crippen LogP contribution in [0.5, 0.6) is 0 Å². The van der Waals surface area contributed by atoms with Gasteiger partial charge >= 0.3 is 0 Å². The Hall–Kier alpha value is -1.97. The largest absolute Gasteiger partial charge is 0.339 e. The number of carbonyl (C=O) groups is 1. The van der Waals surface area contributed by atoms with Crippen molar-refractivity contribution in [3.63, 3.8) is 0 Å². The summed E-state index contributed by atoms with van der Waals surface area (Å²) < 4.78 is 12.5. The molecule has 0 bridgehead atoms. The van der Waals surface area contributed by atoms with Crippen molar-refractivity contribution in [1.82, 2.24) is 0 Å². The number of benzene rings is 2. The third-order valence-electron chi connectivity index (χ3n) is 4.77. The number of ether oxygens (including phenoxy) is 2. The summed E-state index contributed by atoms with van der Waals surface area (Å²) in [6, 6.07) is 19.3. The van der Waals surface area contributed by atoms with Crippen LogP contribution >= 0.6 is 0 Å². The zero-order valence-corrected chi connectivity index (χ0v) is 13.0. The molecule has 3 heteroatoms. The van der Waals surface area contributed by atoms with Crippen LogP contribution in [-0.2, 0) is 9.47 Å². The monoisotopic (exact) mass is 308 g/mol. The summed E-state index contributed by atoms with van der Waals surface area (Å²) in [5.41, 5.74) is 1.68. The molecule has 0 amide bonds. The van der Waals surface area contributed by atoms with E-state index < -0.39 is 11.9 Å². The first-order valence-corrected chi connectivity index (χ1v) is 8.27. The topological polar surface area (TPSA) is 35.5 Å². The van der Waals surface area contributed by atoms with E-state index in [1.165, 1.54) is 0 Å². The summed E-state index contributed by atoms with van der Waals surface area (Å²) in [4.78, 5) is 13.0. The molecule has 2 aromatic carbocycles. The van der Waals surface area contributed by atoms with Crippen molar-refractivity contribution in [2.24, 2.45) is 0 Å². The van der Waals surface area contributed by atoms with E-state index in [9.17, 15) is 4.79 Å². The Kier molecular flexibility index (Phi) is 3.76. The van der Waals surface area contributed by atoms with Gasteiger partial charge in [0, 0.05) is 18.4 Å². The molecule has 3 nitrogen and oxygen atoms in total. The fourth-order valence-corrected chi connectivity index (χ4v) is 3.61. The Morgan fingerprint density at radius 1 is 0.870 bits per heavy atom. The summed E-state index contributed by atoms with van der Waals surface area (Å²) >= 11 is 0. The Bertz CT molecular complexity index is 675. The Balaban J connectivity index is 1.68. The minimum atomic E-state index is -0.574. The molecule has 0 N–H and O–H groups in total. The lowest BCUT2D eigenvalue weighted by Crippen LogP contribution is -2.30. The van der Waals surface area contributed by atoms with Crippen LogP contribution in [0.2, 0.25) is 0 Å². The number of hydrogen-bond acceptors (Lipinski definition) is 3. The highest BCUT2D eigenvalue weighted by Crippen LogP contribution is 2.47. The first-order chi connectivity index (χ1) is 11.3. The third kappa shape index (κ3) is 2.71. The van der Waals surface area contributed by atoms with Gasteiger partial charge in [0.2, 0.25) is 0 Å². The Morgan fingerprint density at radius 3 is 2.13 bits per heavy atom. The molecule has 0 radical (unpaired) electrons. The van der Waals surface area contributed by atoms with Crippen LogP contribution in [0.1, 0.15) is 47.7 Å². The van der Waals surface area contributed by atoms with Crippen LogP contribution in [0.4, 0.5) is 0 Å². The van der Waals surface area contributed by atoms with Gasteiger partial charge in [0.1, 0.15) is 6.10 Å². The highest BCUT2D eigenvalue weighted by Gasteiger charge is 2.52. The highest BCUT2D eigenvalue weighted by atomic mass is 16.8. The standard InChI is InChI=1S/C20H20O3/c21-17(15-9-3-1-4-10-15)19-18(16-11-5-2-6-12-16)22-20(23-19)13-7-8-14-20/h1-6,9-12,18-19H,7-8,13-14H2/t18-,19-/m0/s1. The van der Waals surface area contributed by atoms with E-state index in [-0.39, 0.29) is 11.9 Å². The van der Waals surface area contributed by atoms with Crippen molar-refractivity contribution < 1.29 is 14.3 Å². The van der Waals surface area contributed by atoms with Crippen LogP contribution in [0.25, 0.3) is 0 Å². The summed E-state index contributed by atoms with van der Waals surface area (Å²) in [7, 11) is 0. The summed E-state index contributed by atoms with van der Waals surface area (Å²) in [6.45, 7) is 0. The van der Waals surface area contributed by atoms with E-state index in [1.54, 1.807) is 0 Å². The maximum Gasteiger partial charge on any atom is 0.194 e. The molecule has 118 valence electrons. The van der Waals surface area contributed by atoms with Gasteiger partial charge in [0.25, 0.3) is 0 Å². The number of carbonyl (C=O) groups excluding carboxylic acids is 1. The fourth-order valence-electron chi connectivity index (χ4n) is 3.61. The molecule has 1 spiro atoms. The lowest BCUT2D eigenvalue weighted by molar-refractivity contribution is -0.166. The quantitative estimate of drug-likeness (QED) is 0.793. The smallest absolute Gasteiger partial charge is 0.194 e. The summed E-state index contributed by atoms with van der Waals surface area (Å²) in [5.74, 6) is -0.571. The van der Waals surface area contributed by atoms with E-state index in [0.717, 1.165) is 31.2 Å². The van der Waals surface area contributed by atoms with Crippen molar-refractivity contribution >= 4 is 5.78 Å². The van der Waals surface area contributed by atoms with E-state index in [2.05, 4.69) is 0 Å². The first kappa shape index (κ1) is 14.6. The Morgan fingerprint density at radius 2 is 1.48 bits per heavy atom. The number of ketones is 1. The molecule has 1 saturated heterocycles. The predicted molar refractivity (Wildman–Crippen MR) is 87.1 cm³/mol. The SMILES string of the molecule is O=C(c1ccccc1)[C@@H]1OC2(CCCC2)O[C@H]1c1ccccc1. The van der Waals surface area contributed by atoms with Crippen molar-refractivity contribution in [3.05, 3.63) is 71.8 Å². The van der Waals surface area contributed by atoms with E-state index in [1.807, 2.05) is 60.7 Å². The van der Waals surface area contributed by atoms with Gasteiger partial charge in [0.05, 0.1) is 0 Å². The van der Waals surface area contributed by atoms with Crippen molar-refractivity contribution in [2.45, 2.75) is 43.7 Å². The molecule has 1 aliphatic heterocycles.